The van der Waals surface area contributed by atoms with Crippen LogP contribution in [0.2, 0.25) is 0 Å². The summed E-state index contributed by atoms with van der Waals surface area (Å²) in [4.78, 5) is 20.2. The lowest BCUT2D eigenvalue weighted by Crippen LogP contribution is -2.25. The fourth-order valence-corrected chi connectivity index (χ4v) is 4.17. The van der Waals surface area contributed by atoms with Gasteiger partial charge in [-0.1, -0.05) is 28.1 Å². The maximum absolute atomic E-state index is 14.6. The van der Waals surface area contributed by atoms with Crippen molar-refractivity contribution >= 4 is 38.7 Å². The number of imidazole rings is 1. The highest BCUT2D eigenvalue weighted by Crippen LogP contribution is 2.41. The molecule has 2 aromatic heterocycles. The number of benzene rings is 2. The summed E-state index contributed by atoms with van der Waals surface area (Å²) >= 11 is 3.39. The van der Waals surface area contributed by atoms with Crippen LogP contribution in [0.25, 0.3) is 17.0 Å². The van der Waals surface area contributed by atoms with Crippen molar-refractivity contribution in [3.05, 3.63) is 69.6 Å². The Labute approximate surface area is 167 Å². The summed E-state index contributed by atoms with van der Waals surface area (Å²) in [7, 11) is 0. The van der Waals surface area contributed by atoms with E-state index in [1.807, 2.05) is 31.2 Å². The number of amides is 1. The molecule has 0 aliphatic carbocycles. The molecular formula is C20H15BrFN5O. The van der Waals surface area contributed by atoms with Crippen molar-refractivity contribution in [1.29, 1.82) is 0 Å². The number of halogens is 2. The van der Waals surface area contributed by atoms with Crippen LogP contribution in [0.5, 0.6) is 0 Å². The zero-order valence-electron chi connectivity index (χ0n) is 14.8. The van der Waals surface area contributed by atoms with Crippen molar-refractivity contribution in [2.75, 3.05) is 5.32 Å². The molecule has 2 aromatic carbocycles. The molecule has 3 heterocycles. The zero-order valence-corrected chi connectivity index (χ0v) is 16.4. The molecule has 28 heavy (non-hydrogen) atoms. The second-order valence-corrected chi connectivity index (χ2v) is 7.72. The molecule has 0 spiro atoms. The van der Waals surface area contributed by atoms with Crippen molar-refractivity contribution < 1.29 is 9.18 Å². The molecule has 1 aliphatic rings. The first kappa shape index (κ1) is 17.1. The van der Waals surface area contributed by atoms with E-state index >= 15 is 0 Å². The molecule has 6 nitrogen and oxygen atoms in total. The number of carbonyl (C=O) groups excluding carboxylic acids is 1. The molecule has 1 aliphatic heterocycles. The van der Waals surface area contributed by atoms with Gasteiger partial charge in [0.05, 0.1) is 16.7 Å². The smallest absolute Gasteiger partial charge is 0.231 e. The number of aryl methyl sites for hydroxylation is 1. The standard InChI is InChI=1S/C20H15BrFN5O/c1-10-18-13(12-8-11(21)6-7-14(12)22)9-17(28)25-19(18)27(26-10)20-23-15-4-2-3-5-16(15)24-20/h2-8,13H,9H2,1H3,(H,23,24)(H,25,28)/t13-/m0/s1. The summed E-state index contributed by atoms with van der Waals surface area (Å²) in [5.41, 5.74) is 3.67. The minimum absolute atomic E-state index is 0.160. The molecule has 5 rings (SSSR count). The predicted octanol–water partition coefficient (Wildman–Crippen LogP) is 4.43. The molecule has 0 unspecified atom stereocenters. The SMILES string of the molecule is Cc1nn(-c2nc3ccccc3[nH]2)c2c1[C@H](c1cc(Br)ccc1F)CC(=O)N2. The molecule has 1 amide bonds. The van der Waals surface area contributed by atoms with Gasteiger partial charge in [-0.3, -0.25) is 4.79 Å². The van der Waals surface area contributed by atoms with E-state index in [9.17, 15) is 9.18 Å². The Morgan fingerprint density at radius 2 is 2.07 bits per heavy atom. The van der Waals surface area contributed by atoms with Crippen molar-refractivity contribution in [3.63, 3.8) is 0 Å². The predicted molar refractivity (Wildman–Crippen MR) is 107 cm³/mol. The van der Waals surface area contributed by atoms with Crippen LogP contribution in [0.15, 0.2) is 46.9 Å². The summed E-state index contributed by atoms with van der Waals surface area (Å²) in [6, 6.07) is 12.4. The van der Waals surface area contributed by atoms with Gasteiger partial charge in [-0.15, -0.1) is 0 Å². The summed E-state index contributed by atoms with van der Waals surface area (Å²) in [5, 5.41) is 7.49. The molecule has 4 aromatic rings. The van der Waals surface area contributed by atoms with E-state index in [0.717, 1.165) is 26.8 Å². The Bertz CT molecular complexity index is 1210. The second kappa shape index (κ2) is 6.27. The first-order valence-corrected chi connectivity index (χ1v) is 9.60. The van der Waals surface area contributed by atoms with Gasteiger partial charge in [0, 0.05) is 22.4 Å². The van der Waals surface area contributed by atoms with E-state index in [2.05, 4.69) is 36.3 Å². The van der Waals surface area contributed by atoms with Gasteiger partial charge in [0.15, 0.2) is 0 Å². The van der Waals surface area contributed by atoms with Crippen molar-refractivity contribution in [2.45, 2.75) is 19.3 Å². The van der Waals surface area contributed by atoms with E-state index in [1.165, 1.54) is 6.07 Å². The average Bonchev–Trinajstić information content (AvgIpc) is 3.24. The summed E-state index contributed by atoms with van der Waals surface area (Å²) in [6.07, 6.45) is 0.160. The third kappa shape index (κ3) is 2.63. The number of aromatic nitrogens is 4. The van der Waals surface area contributed by atoms with E-state index < -0.39 is 5.92 Å². The maximum atomic E-state index is 14.6. The van der Waals surface area contributed by atoms with Gasteiger partial charge in [0.1, 0.15) is 11.6 Å². The number of para-hydroxylation sites is 2. The number of H-pyrrole nitrogens is 1. The Balaban J connectivity index is 1.70. The van der Waals surface area contributed by atoms with Gasteiger partial charge in [0.2, 0.25) is 11.9 Å². The number of anilines is 1. The van der Waals surface area contributed by atoms with E-state index in [1.54, 1.807) is 16.8 Å². The molecule has 0 saturated heterocycles. The van der Waals surface area contributed by atoms with Crippen molar-refractivity contribution in [1.82, 2.24) is 19.7 Å². The molecule has 0 bridgehead atoms. The largest absolute Gasteiger partial charge is 0.322 e. The Morgan fingerprint density at radius 3 is 2.89 bits per heavy atom. The van der Waals surface area contributed by atoms with Crippen molar-refractivity contribution in [3.8, 4) is 5.95 Å². The van der Waals surface area contributed by atoms with Crippen LogP contribution in [0.4, 0.5) is 10.2 Å². The summed E-state index contributed by atoms with van der Waals surface area (Å²) in [5.74, 6) is 0.0802. The van der Waals surface area contributed by atoms with Gasteiger partial charge in [-0.2, -0.15) is 9.78 Å². The van der Waals surface area contributed by atoms with Crippen LogP contribution >= 0.6 is 15.9 Å². The Morgan fingerprint density at radius 1 is 1.25 bits per heavy atom. The highest BCUT2D eigenvalue weighted by Gasteiger charge is 2.34. The molecule has 0 fully saturated rings. The van der Waals surface area contributed by atoms with Crippen LogP contribution in [0.3, 0.4) is 0 Å². The van der Waals surface area contributed by atoms with E-state index in [-0.39, 0.29) is 18.1 Å². The summed E-state index contributed by atoms with van der Waals surface area (Å²) < 4.78 is 16.9. The van der Waals surface area contributed by atoms with Crippen LogP contribution < -0.4 is 5.32 Å². The van der Waals surface area contributed by atoms with Gasteiger partial charge < -0.3 is 10.3 Å². The molecule has 140 valence electrons. The first-order chi connectivity index (χ1) is 13.5. The van der Waals surface area contributed by atoms with Crippen molar-refractivity contribution in [2.24, 2.45) is 0 Å². The summed E-state index contributed by atoms with van der Waals surface area (Å²) in [6.45, 7) is 1.86. The first-order valence-electron chi connectivity index (χ1n) is 8.80. The number of nitrogens with zero attached hydrogens (tertiary/aromatic N) is 3. The highest BCUT2D eigenvalue weighted by molar-refractivity contribution is 9.10. The molecule has 2 N–H and O–H groups in total. The van der Waals surface area contributed by atoms with Gasteiger partial charge in [-0.05, 0) is 42.8 Å². The molecule has 0 saturated carbocycles. The molecular weight excluding hydrogens is 425 g/mol. The number of aromatic amines is 1. The lowest BCUT2D eigenvalue weighted by atomic mass is 9.85. The fraction of sp³-hybridized carbons (Fsp3) is 0.150. The lowest BCUT2D eigenvalue weighted by Gasteiger charge is -2.24. The number of hydrogen-bond acceptors (Lipinski definition) is 3. The number of fused-ring (bicyclic) bond motifs is 2. The highest BCUT2D eigenvalue weighted by atomic mass is 79.9. The lowest BCUT2D eigenvalue weighted by molar-refractivity contribution is -0.116. The zero-order chi connectivity index (χ0) is 19.4. The third-order valence-electron chi connectivity index (χ3n) is 5.01. The Hall–Kier alpha value is -3.00. The minimum atomic E-state index is -0.417. The number of nitrogens with one attached hydrogen (secondary N) is 2. The maximum Gasteiger partial charge on any atom is 0.231 e. The number of hydrogen-bond donors (Lipinski definition) is 2. The van der Waals surface area contributed by atoms with Gasteiger partial charge in [-0.25, -0.2) is 9.37 Å². The number of rotatable bonds is 2. The topological polar surface area (TPSA) is 75.6 Å². The van der Waals surface area contributed by atoms with Gasteiger partial charge >= 0.3 is 0 Å². The molecule has 8 heteroatoms. The van der Waals surface area contributed by atoms with Crippen LogP contribution in [0.1, 0.15) is 29.2 Å². The third-order valence-corrected chi connectivity index (χ3v) is 5.51. The van der Waals surface area contributed by atoms with Crippen LogP contribution in [0, 0.1) is 12.7 Å². The normalized spacial score (nSPS) is 16.2. The fourth-order valence-electron chi connectivity index (χ4n) is 3.79. The average molecular weight is 440 g/mol. The van der Waals surface area contributed by atoms with Crippen LogP contribution in [-0.2, 0) is 4.79 Å². The molecule has 0 radical (unpaired) electrons. The monoisotopic (exact) mass is 439 g/mol. The number of carbonyl (C=O) groups is 1. The quantitative estimate of drug-likeness (QED) is 0.484. The van der Waals surface area contributed by atoms with E-state index in [0.29, 0.717) is 17.3 Å². The molecule has 1 atom stereocenters. The Kier molecular flexibility index (Phi) is 3.83. The minimum Gasteiger partial charge on any atom is -0.322 e. The van der Waals surface area contributed by atoms with E-state index in [4.69, 9.17) is 0 Å². The van der Waals surface area contributed by atoms with Gasteiger partial charge in [0.25, 0.3) is 0 Å². The van der Waals surface area contributed by atoms with Crippen LogP contribution in [-0.4, -0.2) is 25.7 Å². The second-order valence-electron chi connectivity index (χ2n) is 6.81.